The highest BCUT2D eigenvalue weighted by Crippen LogP contribution is 2.38. The number of rotatable bonds is 1. The maximum atomic E-state index is 12.8. The Kier molecular flexibility index (Phi) is 4.50. The van der Waals surface area contributed by atoms with Crippen LogP contribution in [0.2, 0.25) is 0 Å². The lowest BCUT2D eigenvalue weighted by atomic mass is 9.87. The molecular formula is C20H30NO2S+. The summed E-state index contributed by atoms with van der Waals surface area (Å²) in [5.74, 6) is 0.254. The predicted molar refractivity (Wildman–Crippen MR) is 100 cm³/mol. The number of carbonyl (C=O) groups excluding carboxylic acids is 1. The third-order valence-electron chi connectivity index (χ3n) is 4.86. The van der Waals surface area contributed by atoms with Crippen molar-refractivity contribution < 1.29 is 9.53 Å². The summed E-state index contributed by atoms with van der Waals surface area (Å²) in [6.45, 7) is 15.0. The molecule has 132 valence electrons. The number of amides is 1. The van der Waals surface area contributed by atoms with Gasteiger partial charge in [0.15, 0.2) is 10.1 Å². The van der Waals surface area contributed by atoms with Crippen LogP contribution in [0.25, 0.3) is 0 Å². The zero-order valence-electron chi connectivity index (χ0n) is 15.8. The Balaban J connectivity index is 1.87. The molecule has 24 heavy (non-hydrogen) atoms. The summed E-state index contributed by atoms with van der Waals surface area (Å²) in [4.78, 5) is 16.3. The number of hydrogen-bond acceptors (Lipinski definition) is 2. The van der Waals surface area contributed by atoms with Gasteiger partial charge in [0.05, 0.1) is 24.0 Å². The zero-order valence-corrected chi connectivity index (χ0v) is 16.6. The van der Waals surface area contributed by atoms with E-state index in [1.807, 2.05) is 20.8 Å². The molecule has 2 aliphatic rings. The first-order valence-corrected chi connectivity index (χ1v) is 10.2. The molecule has 2 bridgehead atoms. The van der Waals surface area contributed by atoms with E-state index in [0.717, 1.165) is 13.2 Å². The van der Waals surface area contributed by atoms with Gasteiger partial charge in [-0.3, -0.25) is 9.69 Å². The molecule has 3 unspecified atom stereocenters. The van der Waals surface area contributed by atoms with Gasteiger partial charge in [-0.05, 0) is 23.1 Å². The molecule has 1 aromatic rings. The van der Waals surface area contributed by atoms with Crippen LogP contribution in [0.15, 0.2) is 29.2 Å². The predicted octanol–water partition coefficient (Wildman–Crippen LogP) is 3.57. The van der Waals surface area contributed by atoms with E-state index in [9.17, 15) is 4.79 Å². The van der Waals surface area contributed by atoms with Gasteiger partial charge < -0.3 is 4.74 Å². The smallest absolute Gasteiger partial charge is 0.231 e. The maximum absolute atomic E-state index is 12.8. The Morgan fingerprint density at radius 3 is 2.25 bits per heavy atom. The van der Waals surface area contributed by atoms with Crippen LogP contribution in [0.4, 0.5) is 0 Å². The summed E-state index contributed by atoms with van der Waals surface area (Å²) in [7, 11) is 0.0731. The van der Waals surface area contributed by atoms with Gasteiger partial charge in [-0.15, -0.1) is 0 Å². The Labute approximate surface area is 149 Å². The number of carbonyl (C=O) groups is 1. The third kappa shape index (κ3) is 3.23. The molecule has 0 aliphatic carbocycles. The van der Waals surface area contributed by atoms with Crippen molar-refractivity contribution in [2.45, 2.75) is 62.5 Å². The molecule has 0 radical (unpaired) electrons. The van der Waals surface area contributed by atoms with Crippen LogP contribution in [0.5, 0.6) is 0 Å². The average molecular weight is 349 g/mol. The Bertz CT molecular complexity index is 612. The lowest BCUT2D eigenvalue weighted by Crippen LogP contribution is -2.46. The second kappa shape index (κ2) is 6.06. The van der Waals surface area contributed by atoms with Crippen LogP contribution in [-0.4, -0.2) is 41.2 Å². The maximum Gasteiger partial charge on any atom is 0.231 e. The van der Waals surface area contributed by atoms with E-state index in [-0.39, 0.29) is 33.0 Å². The second-order valence-electron chi connectivity index (χ2n) is 8.97. The zero-order chi connectivity index (χ0) is 17.7. The lowest BCUT2D eigenvalue weighted by Gasteiger charge is -2.28. The fourth-order valence-corrected chi connectivity index (χ4v) is 6.33. The molecule has 3 atom stereocenters. The van der Waals surface area contributed by atoms with Crippen LogP contribution < -0.4 is 0 Å². The molecule has 0 aromatic heterocycles. The number of ether oxygens (including phenoxy) is 1. The van der Waals surface area contributed by atoms with Crippen LogP contribution in [0.1, 0.15) is 47.1 Å². The largest absolute Gasteiger partial charge is 0.369 e. The Morgan fingerprint density at radius 2 is 1.71 bits per heavy atom. The van der Waals surface area contributed by atoms with Crippen molar-refractivity contribution in [1.29, 1.82) is 0 Å². The molecule has 0 N–H and O–H groups in total. The summed E-state index contributed by atoms with van der Waals surface area (Å²) in [6.07, 6.45) is 0. The van der Waals surface area contributed by atoms with Crippen molar-refractivity contribution in [3.05, 3.63) is 29.8 Å². The standard InChI is InChI=1S/C20H30NO2S/c1-19(2,3)14-7-9-15(10-8-14)24-16-11-21(17(24)13-23-12-16)18(22)20(4,5)6/h7-10,16-17H,11-13H2,1-6H3/q+1. The quantitative estimate of drug-likeness (QED) is 0.726. The summed E-state index contributed by atoms with van der Waals surface area (Å²) in [6, 6.07) is 9.07. The molecule has 2 saturated heterocycles. The highest BCUT2D eigenvalue weighted by Gasteiger charge is 2.57. The van der Waals surface area contributed by atoms with Crippen molar-refractivity contribution >= 4 is 16.8 Å². The molecular weight excluding hydrogens is 318 g/mol. The van der Waals surface area contributed by atoms with Crippen LogP contribution in [0.3, 0.4) is 0 Å². The minimum absolute atomic E-state index is 0.0731. The first-order valence-electron chi connectivity index (χ1n) is 8.80. The van der Waals surface area contributed by atoms with E-state index < -0.39 is 0 Å². The molecule has 2 fully saturated rings. The van der Waals surface area contributed by atoms with E-state index in [4.69, 9.17) is 4.74 Å². The fourth-order valence-electron chi connectivity index (χ4n) is 3.47. The molecule has 3 rings (SSSR count). The van der Waals surface area contributed by atoms with Crippen molar-refractivity contribution in [2.75, 3.05) is 19.8 Å². The number of fused-ring (bicyclic) bond motifs is 2. The monoisotopic (exact) mass is 348 g/mol. The molecule has 1 amide bonds. The molecule has 1 aromatic carbocycles. The molecule has 3 nitrogen and oxygen atoms in total. The first kappa shape index (κ1) is 17.8. The van der Waals surface area contributed by atoms with Gasteiger partial charge in [0.25, 0.3) is 0 Å². The SMILES string of the molecule is CC(C)(C)C(=O)N1CC2COCC1[S+]2c1ccc(C(C)(C)C)cc1. The van der Waals surface area contributed by atoms with Crippen LogP contribution in [-0.2, 0) is 25.8 Å². The third-order valence-corrected chi connectivity index (χ3v) is 7.66. The highest BCUT2D eigenvalue weighted by atomic mass is 32.2. The molecule has 0 spiro atoms. The van der Waals surface area contributed by atoms with Gasteiger partial charge in [-0.2, -0.15) is 0 Å². The summed E-state index contributed by atoms with van der Waals surface area (Å²) < 4.78 is 5.79. The van der Waals surface area contributed by atoms with Crippen molar-refractivity contribution in [3.63, 3.8) is 0 Å². The van der Waals surface area contributed by atoms with Gasteiger partial charge >= 0.3 is 0 Å². The van der Waals surface area contributed by atoms with Crippen molar-refractivity contribution in [2.24, 2.45) is 5.41 Å². The summed E-state index contributed by atoms with van der Waals surface area (Å²) in [5, 5.41) is 0.645. The second-order valence-corrected chi connectivity index (χ2v) is 11.4. The van der Waals surface area contributed by atoms with Gasteiger partial charge in [-0.25, -0.2) is 0 Å². The first-order chi connectivity index (χ1) is 11.1. The minimum atomic E-state index is -0.331. The van der Waals surface area contributed by atoms with Gasteiger partial charge in [0, 0.05) is 5.41 Å². The van der Waals surface area contributed by atoms with Crippen LogP contribution >= 0.6 is 0 Å². The molecule has 2 heterocycles. The normalized spacial score (nSPS) is 27.4. The highest BCUT2D eigenvalue weighted by molar-refractivity contribution is 7.98. The van der Waals surface area contributed by atoms with E-state index in [0.29, 0.717) is 11.9 Å². The Hall–Kier alpha value is -1.00. The number of hydrogen-bond donors (Lipinski definition) is 0. The fraction of sp³-hybridized carbons (Fsp3) is 0.650. The summed E-state index contributed by atoms with van der Waals surface area (Å²) >= 11 is 0. The number of benzene rings is 1. The van der Waals surface area contributed by atoms with E-state index in [2.05, 4.69) is 49.9 Å². The molecule has 2 aliphatic heterocycles. The van der Waals surface area contributed by atoms with Gasteiger partial charge in [0.1, 0.15) is 6.61 Å². The summed E-state index contributed by atoms with van der Waals surface area (Å²) in [5.41, 5.74) is 1.20. The van der Waals surface area contributed by atoms with E-state index in [1.54, 1.807) is 0 Å². The minimum Gasteiger partial charge on any atom is -0.369 e. The lowest BCUT2D eigenvalue weighted by molar-refractivity contribution is -0.139. The average Bonchev–Trinajstić information content (AvgIpc) is 2.70. The van der Waals surface area contributed by atoms with Gasteiger partial charge in [0.2, 0.25) is 11.3 Å². The van der Waals surface area contributed by atoms with Crippen molar-refractivity contribution in [3.8, 4) is 0 Å². The van der Waals surface area contributed by atoms with E-state index in [1.165, 1.54) is 10.5 Å². The molecule has 0 saturated carbocycles. The Morgan fingerprint density at radius 1 is 1.08 bits per heavy atom. The van der Waals surface area contributed by atoms with Crippen molar-refractivity contribution in [1.82, 2.24) is 4.90 Å². The van der Waals surface area contributed by atoms with Gasteiger partial charge in [-0.1, -0.05) is 53.7 Å². The molecule has 4 heteroatoms. The topological polar surface area (TPSA) is 29.5 Å². The van der Waals surface area contributed by atoms with Crippen LogP contribution in [0, 0.1) is 5.41 Å². The number of nitrogens with zero attached hydrogens (tertiary/aromatic N) is 1. The van der Waals surface area contributed by atoms with E-state index >= 15 is 0 Å².